The average Bonchev–Trinajstić information content (AvgIpc) is 2.19. The Morgan fingerprint density at radius 3 is 2.53 bits per heavy atom. The SMILES string of the molecule is NC(=O)c1cncnc1NC12CC(C(F)(F)F)(C1)C2. The Kier molecular flexibility index (Phi) is 2.16. The van der Waals surface area contributed by atoms with E-state index in [1.54, 1.807) is 0 Å². The lowest BCUT2D eigenvalue weighted by atomic mass is 9.39. The Labute approximate surface area is 106 Å². The number of primary amides is 1. The molecular formula is C11H11F3N4O. The Morgan fingerprint density at radius 2 is 2.00 bits per heavy atom. The summed E-state index contributed by atoms with van der Waals surface area (Å²) in [5.74, 6) is -0.502. The second-order valence-corrected chi connectivity index (χ2v) is 5.36. The Morgan fingerprint density at radius 1 is 1.37 bits per heavy atom. The zero-order chi connectivity index (χ0) is 13.9. The van der Waals surface area contributed by atoms with E-state index in [0.29, 0.717) is 0 Å². The van der Waals surface area contributed by atoms with Gasteiger partial charge in [-0.1, -0.05) is 0 Å². The van der Waals surface area contributed by atoms with Gasteiger partial charge in [-0.2, -0.15) is 13.2 Å². The minimum atomic E-state index is -4.16. The third kappa shape index (κ3) is 1.58. The maximum Gasteiger partial charge on any atom is 0.394 e. The number of nitrogens with one attached hydrogen (secondary N) is 1. The number of rotatable bonds is 3. The van der Waals surface area contributed by atoms with E-state index in [1.165, 1.54) is 12.5 Å². The van der Waals surface area contributed by atoms with E-state index in [2.05, 4.69) is 15.3 Å². The Bertz CT molecular complexity index is 537. The largest absolute Gasteiger partial charge is 0.394 e. The van der Waals surface area contributed by atoms with Crippen LogP contribution in [0.4, 0.5) is 19.0 Å². The van der Waals surface area contributed by atoms with Gasteiger partial charge in [0, 0.05) is 11.7 Å². The molecule has 1 amide bonds. The van der Waals surface area contributed by atoms with Crippen molar-refractivity contribution < 1.29 is 18.0 Å². The molecule has 0 aromatic carbocycles. The molecular weight excluding hydrogens is 261 g/mol. The van der Waals surface area contributed by atoms with Gasteiger partial charge in [0.1, 0.15) is 12.1 Å². The van der Waals surface area contributed by atoms with Crippen LogP contribution in [0.15, 0.2) is 12.5 Å². The number of nitrogens with zero attached hydrogens (tertiary/aromatic N) is 2. The summed E-state index contributed by atoms with van der Waals surface area (Å²) in [6, 6.07) is 0. The van der Waals surface area contributed by atoms with Crippen LogP contribution in [0.5, 0.6) is 0 Å². The lowest BCUT2D eigenvalue weighted by molar-refractivity contribution is -0.327. The number of anilines is 1. The van der Waals surface area contributed by atoms with E-state index in [0.717, 1.165) is 0 Å². The van der Waals surface area contributed by atoms with Gasteiger partial charge in [-0.3, -0.25) is 4.79 Å². The highest BCUT2D eigenvalue weighted by Crippen LogP contribution is 2.74. The number of carbonyl (C=O) groups is 1. The molecule has 1 aromatic heterocycles. The van der Waals surface area contributed by atoms with Crippen LogP contribution in [-0.2, 0) is 0 Å². The molecule has 102 valence electrons. The molecule has 5 nitrogen and oxygen atoms in total. The van der Waals surface area contributed by atoms with Gasteiger partial charge in [0.2, 0.25) is 0 Å². The van der Waals surface area contributed by atoms with E-state index < -0.39 is 23.0 Å². The Hall–Kier alpha value is -1.86. The van der Waals surface area contributed by atoms with Crippen LogP contribution < -0.4 is 11.1 Å². The molecule has 1 heterocycles. The van der Waals surface area contributed by atoms with Crippen LogP contribution in [0.1, 0.15) is 29.6 Å². The molecule has 3 N–H and O–H groups in total. The van der Waals surface area contributed by atoms with Crippen molar-refractivity contribution in [1.82, 2.24) is 9.97 Å². The third-order valence-corrected chi connectivity index (χ3v) is 3.99. The number of nitrogens with two attached hydrogens (primary N) is 1. The predicted octanol–water partition coefficient (Wildman–Crippen LogP) is 1.47. The highest BCUT2D eigenvalue weighted by atomic mass is 19.4. The van der Waals surface area contributed by atoms with Crippen molar-refractivity contribution in [2.24, 2.45) is 11.1 Å². The molecule has 0 radical (unpaired) electrons. The van der Waals surface area contributed by atoms with Gasteiger partial charge in [0.15, 0.2) is 0 Å². The van der Waals surface area contributed by atoms with E-state index in [-0.39, 0.29) is 30.6 Å². The molecule has 0 saturated heterocycles. The topological polar surface area (TPSA) is 80.9 Å². The minimum absolute atomic E-state index is 0.0195. The molecule has 0 atom stereocenters. The van der Waals surface area contributed by atoms with E-state index in [9.17, 15) is 18.0 Å². The minimum Gasteiger partial charge on any atom is -0.365 e. The maximum absolute atomic E-state index is 12.7. The van der Waals surface area contributed by atoms with Gasteiger partial charge >= 0.3 is 6.18 Å². The highest BCUT2D eigenvalue weighted by molar-refractivity contribution is 5.97. The van der Waals surface area contributed by atoms with Gasteiger partial charge in [-0.15, -0.1) is 0 Å². The van der Waals surface area contributed by atoms with Crippen molar-refractivity contribution in [3.8, 4) is 0 Å². The zero-order valence-corrected chi connectivity index (χ0v) is 9.79. The zero-order valence-electron chi connectivity index (χ0n) is 9.79. The second kappa shape index (κ2) is 3.37. The molecule has 8 heteroatoms. The standard InChI is InChI=1S/C11H11F3N4O/c12-11(13,14)9-2-10(3-9,4-9)18-8-6(7(15)19)1-16-5-17-8/h1,5H,2-4H2,(H2,15,19)(H,16,17,18). The first-order chi connectivity index (χ1) is 8.77. The Balaban J connectivity index is 1.75. The fourth-order valence-electron chi connectivity index (χ4n) is 3.08. The maximum atomic E-state index is 12.7. The summed E-state index contributed by atoms with van der Waals surface area (Å²) < 4.78 is 38.1. The summed E-state index contributed by atoms with van der Waals surface area (Å²) in [5.41, 5.74) is 3.11. The third-order valence-electron chi connectivity index (χ3n) is 3.99. The number of halogens is 3. The first-order valence-electron chi connectivity index (χ1n) is 5.72. The van der Waals surface area contributed by atoms with Gasteiger partial charge in [0.05, 0.1) is 11.0 Å². The summed E-state index contributed by atoms with van der Waals surface area (Å²) in [5, 5.41) is 2.92. The molecule has 4 rings (SSSR count). The number of hydrogen-bond acceptors (Lipinski definition) is 4. The molecule has 1 aromatic rings. The highest BCUT2D eigenvalue weighted by Gasteiger charge is 2.78. The van der Waals surface area contributed by atoms with E-state index in [1.807, 2.05) is 0 Å². The predicted molar refractivity (Wildman–Crippen MR) is 59.2 cm³/mol. The van der Waals surface area contributed by atoms with Crippen molar-refractivity contribution in [3.63, 3.8) is 0 Å². The second-order valence-electron chi connectivity index (χ2n) is 5.36. The van der Waals surface area contributed by atoms with Crippen molar-refractivity contribution in [3.05, 3.63) is 18.1 Å². The van der Waals surface area contributed by atoms with Crippen LogP contribution in [0.25, 0.3) is 0 Å². The molecule has 0 spiro atoms. The monoisotopic (exact) mass is 272 g/mol. The van der Waals surface area contributed by atoms with Crippen molar-refractivity contribution in [2.75, 3.05) is 5.32 Å². The van der Waals surface area contributed by atoms with Gasteiger partial charge in [-0.05, 0) is 19.3 Å². The van der Waals surface area contributed by atoms with Crippen LogP contribution in [0, 0.1) is 5.41 Å². The smallest absolute Gasteiger partial charge is 0.365 e. The number of alkyl halides is 3. The molecule has 3 aliphatic carbocycles. The van der Waals surface area contributed by atoms with Gasteiger partial charge in [0.25, 0.3) is 5.91 Å². The van der Waals surface area contributed by atoms with Crippen molar-refractivity contribution in [1.29, 1.82) is 0 Å². The van der Waals surface area contributed by atoms with Crippen LogP contribution in [-0.4, -0.2) is 27.6 Å². The summed E-state index contributed by atoms with van der Waals surface area (Å²) in [4.78, 5) is 18.7. The first kappa shape index (κ1) is 12.2. The van der Waals surface area contributed by atoms with Gasteiger partial charge in [-0.25, -0.2) is 9.97 Å². The van der Waals surface area contributed by atoms with E-state index in [4.69, 9.17) is 5.73 Å². The van der Waals surface area contributed by atoms with Crippen LogP contribution in [0.3, 0.4) is 0 Å². The molecule has 3 fully saturated rings. The summed E-state index contributed by atoms with van der Waals surface area (Å²) in [7, 11) is 0. The molecule has 3 aliphatic rings. The molecule has 2 bridgehead atoms. The summed E-state index contributed by atoms with van der Waals surface area (Å²) in [6.45, 7) is 0. The van der Waals surface area contributed by atoms with E-state index >= 15 is 0 Å². The summed E-state index contributed by atoms with van der Waals surface area (Å²) in [6.07, 6.45) is -1.62. The lowest BCUT2D eigenvalue weighted by Gasteiger charge is -2.70. The van der Waals surface area contributed by atoms with Crippen LogP contribution >= 0.6 is 0 Å². The van der Waals surface area contributed by atoms with Crippen molar-refractivity contribution >= 4 is 11.7 Å². The number of amides is 1. The van der Waals surface area contributed by atoms with Crippen LogP contribution in [0.2, 0.25) is 0 Å². The number of aromatic nitrogens is 2. The summed E-state index contributed by atoms with van der Waals surface area (Å²) >= 11 is 0. The number of hydrogen-bond donors (Lipinski definition) is 2. The number of carbonyl (C=O) groups excluding carboxylic acids is 1. The molecule has 19 heavy (non-hydrogen) atoms. The molecule has 3 saturated carbocycles. The molecule has 0 unspecified atom stereocenters. The van der Waals surface area contributed by atoms with Gasteiger partial charge < -0.3 is 11.1 Å². The normalized spacial score (nSPS) is 32.2. The fourth-order valence-corrected chi connectivity index (χ4v) is 3.08. The molecule has 0 aliphatic heterocycles. The first-order valence-corrected chi connectivity index (χ1v) is 5.72. The van der Waals surface area contributed by atoms with Crippen molar-refractivity contribution in [2.45, 2.75) is 31.0 Å². The quantitative estimate of drug-likeness (QED) is 0.873. The lowest BCUT2D eigenvalue weighted by Crippen LogP contribution is -2.75. The fraction of sp³-hybridized carbons (Fsp3) is 0.545. The average molecular weight is 272 g/mol.